The molecule has 1 aliphatic rings. The first-order valence-electron chi connectivity index (χ1n) is 9.97. The van der Waals surface area contributed by atoms with Gasteiger partial charge in [-0.1, -0.05) is 0 Å². The Morgan fingerprint density at radius 3 is 2.61 bits per heavy atom. The highest BCUT2D eigenvalue weighted by Crippen LogP contribution is 2.28. The first-order valence-corrected chi connectivity index (χ1v) is 9.97. The molecule has 1 fully saturated rings. The standard InChI is InChI=1S/C22H21N7O2/c23-19-13-24-12-18(27-19)17-11-14-5-6-25-22(30)20(14)21(28-17)26-15-1-3-16(4-2-15)29-7-9-31-10-8-29/h1-6,11-13H,7-10H2,(H2,23,27)(H,25,30)(H,26,28). The lowest BCUT2D eigenvalue weighted by Gasteiger charge is -2.28. The number of fused-ring (bicyclic) bond motifs is 1. The molecule has 4 aromatic rings. The van der Waals surface area contributed by atoms with Crippen LogP contribution in [0.15, 0.2) is 59.8 Å². The van der Waals surface area contributed by atoms with Crippen LogP contribution in [0.5, 0.6) is 0 Å². The number of rotatable bonds is 4. The fourth-order valence-electron chi connectivity index (χ4n) is 3.65. The van der Waals surface area contributed by atoms with Gasteiger partial charge in [0.15, 0.2) is 0 Å². The van der Waals surface area contributed by atoms with E-state index in [0.29, 0.717) is 28.4 Å². The van der Waals surface area contributed by atoms with Crippen LogP contribution in [0.1, 0.15) is 0 Å². The molecule has 1 aromatic carbocycles. The molecular formula is C22H21N7O2. The third-order valence-corrected chi connectivity index (χ3v) is 5.18. The lowest BCUT2D eigenvalue weighted by atomic mass is 10.1. The Labute approximate surface area is 177 Å². The maximum atomic E-state index is 12.6. The molecule has 0 atom stereocenters. The number of H-pyrrole nitrogens is 1. The highest BCUT2D eigenvalue weighted by Gasteiger charge is 2.14. The van der Waals surface area contributed by atoms with Gasteiger partial charge in [-0.05, 0) is 41.8 Å². The Morgan fingerprint density at radius 1 is 1.03 bits per heavy atom. The fourth-order valence-corrected chi connectivity index (χ4v) is 3.65. The van der Waals surface area contributed by atoms with Gasteiger partial charge < -0.3 is 25.7 Å². The number of aromatic nitrogens is 4. The molecule has 0 bridgehead atoms. The van der Waals surface area contributed by atoms with Crippen LogP contribution in [-0.2, 0) is 4.74 Å². The van der Waals surface area contributed by atoms with E-state index in [-0.39, 0.29) is 5.56 Å². The number of nitrogen functional groups attached to an aromatic ring is 1. The first kappa shape index (κ1) is 19.0. The van der Waals surface area contributed by atoms with Crippen LogP contribution in [0.3, 0.4) is 0 Å². The maximum absolute atomic E-state index is 12.6. The average molecular weight is 415 g/mol. The molecule has 4 heterocycles. The molecule has 31 heavy (non-hydrogen) atoms. The van der Waals surface area contributed by atoms with E-state index >= 15 is 0 Å². The number of ether oxygens (including phenoxy) is 1. The van der Waals surface area contributed by atoms with Crippen LogP contribution in [0, 0.1) is 0 Å². The van der Waals surface area contributed by atoms with Crippen molar-refractivity contribution >= 4 is 33.8 Å². The summed E-state index contributed by atoms with van der Waals surface area (Å²) in [5.41, 5.74) is 8.63. The largest absolute Gasteiger partial charge is 0.382 e. The van der Waals surface area contributed by atoms with E-state index < -0.39 is 0 Å². The van der Waals surface area contributed by atoms with Gasteiger partial charge in [0.2, 0.25) is 0 Å². The molecule has 3 aromatic heterocycles. The Morgan fingerprint density at radius 2 is 1.84 bits per heavy atom. The second kappa shape index (κ2) is 8.04. The molecule has 1 aliphatic heterocycles. The minimum Gasteiger partial charge on any atom is -0.382 e. The Hall–Kier alpha value is -3.98. The summed E-state index contributed by atoms with van der Waals surface area (Å²) in [7, 11) is 0. The summed E-state index contributed by atoms with van der Waals surface area (Å²) in [6.07, 6.45) is 4.68. The van der Waals surface area contributed by atoms with E-state index in [4.69, 9.17) is 10.5 Å². The van der Waals surface area contributed by atoms with Crippen molar-refractivity contribution < 1.29 is 4.74 Å². The quantitative estimate of drug-likeness (QED) is 0.465. The third-order valence-electron chi connectivity index (χ3n) is 5.18. The number of nitrogens with zero attached hydrogens (tertiary/aromatic N) is 4. The van der Waals surface area contributed by atoms with Crippen molar-refractivity contribution in [2.45, 2.75) is 0 Å². The molecule has 1 saturated heterocycles. The molecular weight excluding hydrogens is 394 g/mol. The van der Waals surface area contributed by atoms with Crippen LogP contribution in [0.4, 0.5) is 23.0 Å². The third kappa shape index (κ3) is 3.90. The highest BCUT2D eigenvalue weighted by molar-refractivity contribution is 5.95. The minimum atomic E-state index is -0.220. The number of anilines is 4. The zero-order chi connectivity index (χ0) is 21.2. The van der Waals surface area contributed by atoms with E-state index in [9.17, 15) is 4.79 Å². The van der Waals surface area contributed by atoms with Gasteiger partial charge in [-0.25, -0.2) is 9.97 Å². The van der Waals surface area contributed by atoms with Gasteiger partial charge in [0.25, 0.3) is 5.56 Å². The number of benzene rings is 1. The minimum absolute atomic E-state index is 0.220. The number of hydrogen-bond donors (Lipinski definition) is 3. The van der Waals surface area contributed by atoms with Gasteiger partial charge in [0.05, 0.1) is 36.7 Å². The Kier molecular flexibility index (Phi) is 4.93. The van der Waals surface area contributed by atoms with Gasteiger partial charge in [-0.2, -0.15) is 0 Å². The summed E-state index contributed by atoms with van der Waals surface area (Å²) in [6.45, 7) is 3.21. The summed E-state index contributed by atoms with van der Waals surface area (Å²) in [5.74, 6) is 0.746. The van der Waals surface area contributed by atoms with Crippen LogP contribution >= 0.6 is 0 Å². The fraction of sp³-hybridized carbons (Fsp3) is 0.182. The zero-order valence-corrected chi connectivity index (χ0v) is 16.7. The summed E-state index contributed by atoms with van der Waals surface area (Å²) in [4.78, 5) is 30.6. The molecule has 5 rings (SSSR count). The normalized spacial score (nSPS) is 14.0. The summed E-state index contributed by atoms with van der Waals surface area (Å²) in [5, 5.41) is 4.50. The molecule has 0 saturated carbocycles. The van der Waals surface area contributed by atoms with Crippen molar-refractivity contribution in [2.24, 2.45) is 0 Å². The number of nitrogens with one attached hydrogen (secondary N) is 2. The van der Waals surface area contributed by atoms with Gasteiger partial charge >= 0.3 is 0 Å². The molecule has 9 heteroatoms. The topological polar surface area (TPSA) is 122 Å². The predicted molar refractivity (Wildman–Crippen MR) is 121 cm³/mol. The molecule has 0 aliphatic carbocycles. The molecule has 0 unspecified atom stereocenters. The first-order chi connectivity index (χ1) is 15.2. The Balaban J connectivity index is 1.53. The second-order valence-corrected chi connectivity index (χ2v) is 7.23. The number of nitrogens with two attached hydrogens (primary N) is 1. The molecule has 0 amide bonds. The summed E-state index contributed by atoms with van der Waals surface area (Å²) >= 11 is 0. The van der Waals surface area contributed by atoms with Gasteiger partial charge in [0, 0.05) is 30.7 Å². The van der Waals surface area contributed by atoms with Crippen LogP contribution < -0.4 is 21.5 Å². The second-order valence-electron chi connectivity index (χ2n) is 7.23. The van der Waals surface area contributed by atoms with Crippen molar-refractivity contribution in [1.29, 1.82) is 0 Å². The smallest absolute Gasteiger partial charge is 0.259 e. The van der Waals surface area contributed by atoms with Crippen molar-refractivity contribution in [2.75, 3.05) is 42.3 Å². The number of hydrogen-bond acceptors (Lipinski definition) is 8. The van der Waals surface area contributed by atoms with Crippen LogP contribution in [0.2, 0.25) is 0 Å². The van der Waals surface area contributed by atoms with Crippen LogP contribution in [0.25, 0.3) is 22.2 Å². The van der Waals surface area contributed by atoms with Crippen molar-refractivity contribution in [1.82, 2.24) is 19.9 Å². The van der Waals surface area contributed by atoms with Gasteiger partial charge in [0.1, 0.15) is 17.3 Å². The van der Waals surface area contributed by atoms with Gasteiger partial charge in [-0.15, -0.1) is 0 Å². The summed E-state index contributed by atoms with van der Waals surface area (Å²) in [6, 6.07) is 11.7. The highest BCUT2D eigenvalue weighted by atomic mass is 16.5. The van der Waals surface area contributed by atoms with E-state index in [1.54, 1.807) is 18.5 Å². The van der Waals surface area contributed by atoms with Crippen molar-refractivity contribution in [3.63, 3.8) is 0 Å². The average Bonchev–Trinajstić information content (AvgIpc) is 2.80. The van der Waals surface area contributed by atoms with Crippen molar-refractivity contribution in [3.05, 3.63) is 65.3 Å². The molecule has 0 radical (unpaired) electrons. The molecule has 0 spiro atoms. The Bertz CT molecular complexity index is 1280. The SMILES string of the molecule is Nc1cncc(-c2cc3cc[nH]c(=O)c3c(Nc3ccc(N4CCOCC4)cc3)n2)n1. The lowest BCUT2D eigenvalue weighted by molar-refractivity contribution is 0.122. The number of morpholine rings is 1. The van der Waals surface area contributed by atoms with Gasteiger partial charge in [-0.3, -0.25) is 9.78 Å². The van der Waals surface area contributed by atoms with E-state index in [1.165, 1.54) is 6.20 Å². The maximum Gasteiger partial charge on any atom is 0.259 e. The van der Waals surface area contributed by atoms with E-state index in [0.717, 1.165) is 43.1 Å². The van der Waals surface area contributed by atoms with E-state index in [2.05, 4.69) is 30.2 Å². The molecule has 4 N–H and O–H groups in total. The lowest BCUT2D eigenvalue weighted by Crippen LogP contribution is -2.36. The summed E-state index contributed by atoms with van der Waals surface area (Å²) < 4.78 is 5.42. The number of aromatic amines is 1. The van der Waals surface area contributed by atoms with Crippen LogP contribution in [-0.4, -0.2) is 46.2 Å². The molecule has 156 valence electrons. The monoisotopic (exact) mass is 415 g/mol. The zero-order valence-electron chi connectivity index (χ0n) is 16.7. The van der Waals surface area contributed by atoms with E-state index in [1.807, 2.05) is 30.3 Å². The predicted octanol–water partition coefficient (Wildman–Crippen LogP) is 2.54. The number of pyridine rings is 2. The van der Waals surface area contributed by atoms with Crippen molar-refractivity contribution in [3.8, 4) is 11.4 Å². The molecule has 9 nitrogen and oxygen atoms in total.